The van der Waals surface area contributed by atoms with E-state index in [4.69, 9.17) is 16.2 Å². The van der Waals surface area contributed by atoms with Crippen LogP contribution in [-0.4, -0.2) is 18.5 Å². The van der Waals surface area contributed by atoms with E-state index < -0.39 is 11.1 Å². The van der Waals surface area contributed by atoms with Gasteiger partial charge in [-0.2, -0.15) is 5.10 Å². The minimum absolute atomic E-state index is 0.156. The van der Waals surface area contributed by atoms with Crippen LogP contribution in [0.5, 0.6) is 0 Å². The van der Waals surface area contributed by atoms with Crippen LogP contribution < -0.4 is 0 Å². The highest BCUT2D eigenvalue weighted by molar-refractivity contribution is 7.79. The Hall–Kier alpha value is -0.390. The lowest BCUT2D eigenvalue weighted by atomic mass is 10.4. The normalized spacial score (nSPS) is 13.3. The Morgan fingerprint density at radius 1 is 1.75 bits per heavy atom. The van der Waals surface area contributed by atoms with Gasteiger partial charge in [-0.3, -0.25) is 4.68 Å². The molecule has 0 aliphatic heterocycles. The van der Waals surface area contributed by atoms with Crippen molar-refractivity contribution >= 4 is 22.7 Å². The Balaban J connectivity index is 3.31. The summed E-state index contributed by atoms with van der Waals surface area (Å²) in [5.74, 6) is 0.156. The SMILES string of the molecule is Cc1c(S(=O)O)c(CCl)nn1C. The molecule has 1 aromatic heterocycles. The molecule has 1 N–H and O–H groups in total. The molecule has 4 nitrogen and oxygen atoms in total. The van der Waals surface area contributed by atoms with Crippen LogP contribution in [0.2, 0.25) is 0 Å². The molecule has 0 saturated heterocycles. The van der Waals surface area contributed by atoms with Crippen molar-refractivity contribution in [3.63, 3.8) is 0 Å². The standard InChI is InChI=1S/C6H9ClN2O2S/c1-4-6(12(10)11)5(3-7)8-9(4)2/h3H2,1-2H3,(H,10,11). The summed E-state index contributed by atoms with van der Waals surface area (Å²) in [5, 5.41) is 3.98. The summed E-state index contributed by atoms with van der Waals surface area (Å²) in [6.45, 7) is 1.73. The van der Waals surface area contributed by atoms with Crippen molar-refractivity contribution in [2.75, 3.05) is 0 Å². The largest absolute Gasteiger partial charge is 0.302 e. The van der Waals surface area contributed by atoms with Gasteiger partial charge in [0.1, 0.15) is 4.90 Å². The predicted octanol–water partition coefficient (Wildman–Crippen LogP) is 1.05. The van der Waals surface area contributed by atoms with Crippen molar-refractivity contribution in [3.8, 4) is 0 Å². The molecule has 0 amide bonds. The summed E-state index contributed by atoms with van der Waals surface area (Å²) in [7, 11) is 1.71. The van der Waals surface area contributed by atoms with Crippen LogP contribution in [0.3, 0.4) is 0 Å². The van der Waals surface area contributed by atoms with Gasteiger partial charge < -0.3 is 4.55 Å². The van der Waals surface area contributed by atoms with Gasteiger partial charge in [-0.05, 0) is 6.92 Å². The van der Waals surface area contributed by atoms with Crippen LogP contribution in [0.15, 0.2) is 4.90 Å². The average Bonchev–Trinajstić information content (AvgIpc) is 2.28. The predicted molar refractivity (Wildman–Crippen MR) is 46.5 cm³/mol. The Labute approximate surface area is 77.8 Å². The van der Waals surface area contributed by atoms with E-state index in [1.165, 1.54) is 0 Å². The van der Waals surface area contributed by atoms with Gasteiger partial charge in [0.25, 0.3) is 0 Å². The zero-order valence-corrected chi connectivity index (χ0v) is 8.32. The molecule has 0 spiro atoms. The molecule has 1 heterocycles. The lowest BCUT2D eigenvalue weighted by Crippen LogP contribution is -1.95. The van der Waals surface area contributed by atoms with Crippen LogP contribution in [0.4, 0.5) is 0 Å². The van der Waals surface area contributed by atoms with Crippen LogP contribution in [-0.2, 0) is 24.0 Å². The molecule has 12 heavy (non-hydrogen) atoms. The molecule has 0 bridgehead atoms. The van der Waals surface area contributed by atoms with E-state index in [-0.39, 0.29) is 5.88 Å². The van der Waals surface area contributed by atoms with Gasteiger partial charge in [0.2, 0.25) is 0 Å². The van der Waals surface area contributed by atoms with Crippen LogP contribution in [0, 0.1) is 6.92 Å². The van der Waals surface area contributed by atoms with E-state index >= 15 is 0 Å². The number of aromatic nitrogens is 2. The van der Waals surface area contributed by atoms with Crippen molar-refractivity contribution in [3.05, 3.63) is 11.4 Å². The molecule has 6 heteroatoms. The monoisotopic (exact) mass is 208 g/mol. The number of aryl methyl sites for hydroxylation is 1. The lowest BCUT2D eigenvalue weighted by molar-refractivity contribution is 0.562. The maximum atomic E-state index is 10.8. The summed E-state index contributed by atoms with van der Waals surface area (Å²) in [5.41, 5.74) is 1.14. The molecule has 1 aromatic rings. The highest BCUT2D eigenvalue weighted by Gasteiger charge is 2.16. The smallest absolute Gasteiger partial charge is 0.190 e. The molecular weight excluding hydrogens is 200 g/mol. The molecule has 0 saturated carbocycles. The molecule has 68 valence electrons. The first-order valence-corrected chi connectivity index (χ1v) is 4.91. The third-order valence-corrected chi connectivity index (χ3v) is 2.78. The summed E-state index contributed by atoms with van der Waals surface area (Å²) < 4.78 is 21.2. The molecule has 1 rings (SSSR count). The Morgan fingerprint density at radius 2 is 2.33 bits per heavy atom. The molecule has 0 radical (unpaired) electrons. The second-order valence-corrected chi connectivity index (χ2v) is 3.54. The van der Waals surface area contributed by atoms with Crippen LogP contribution >= 0.6 is 11.6 Å². The number of alkyl halides is 1. The van der Waals surface area contributed by atoms with E-state index in [0.717, 1.165) is 0 Å². The molecule has 1 atom stereocenters. The van der Waals surface area contributed by atoms with Gasteiger partial charge >= 0.3 is 0 Å². The Bertz CT molecular complexity index is 324. The summed E-state index contributed by atoms with van der Waals surface area (Å²) in [6, 6.07) is 0. The second kappa shape index (κ2) is 3.55. The second-order valence-electron chi connectivity index (χ2n) is 2.37. The molecular formula is C6H9ClN2O2S. The molecule has 0 fully saturated rings. The Morgan fingerprint density at radius 3 is 2.67 bits per heavy atom. The van der Waals surface area contributed by atoms with E-state index in [1.54, 1.807) is 18.7 Å². The van der Waals surface area contributed by atoms with Crippen molar-refractivity contribution in [1.29, 1.82) is 0 Å². The quantitative estimate of drug-likeness (QED) is 0.584. The molecule has 0 aliphatic rings. The zero-order valence-electron chi connectivity index (χ0n) is 6.74. The Kier molecular flexibility index (Phi) is 2.87. The number of hydrogen-bond acceptors (Lipinski definition) is 2. The summed E-state index contributed by atoms with van der Waals surface area (Å²) in [6.07, 6.45) is 0. The highest BCUT2D eigenvalue weighted by Crippen LogP contribution is 2.17. The topological polar surface area (TPSA) is 55.1 Å². The number of rotatable bonds is 2. The number of hydrogen-bond donors (Lipinski definition) is 1. The van der Waals surface area contributed by atoms with Crippen molar-refractivity contribution < 1.29 is 8.76 Å². The van der Waals surface area contributed by atoms with Crippen LogP contribution in [0.1, 0.15) is 11.4 Å². The van der Waals surface area contributed by atoms with Gasteiger partial charge in [-0.15, -0.1) is 11.6 Å². The van der Waals surface area contributed by atoms with Crippen molar-refractivity contribution in [1.82, 2.24) is 9.78 Å². The van der Waals surface area contributed by atoms with E-state index in [9.17, 15) is 4.21 Å². The van der Waals surface area contributed by atoms with Crippen molar-refractivity contribution in [2.45, 2.75) is 17.7 Å². The maximum absolute atomic E-state index is 10.8. The molecule has 0 aliphatic carbocycles. The minimum Gasteiger partial charge on any atom is -0.302 e. The third kappa shape index (κ3) is 1.53. The number of halogens is 1. The maximum Gasteiger partial charge on any atom is 0.190 e. The first-order valence-electron chi connectivity index (χ1n) is 3.27. The summed E-state index contributed by atoms with van der Waals surface area (Å²) in [4.78, 5) is 0.326. The van der Waals surface area contributed by atoms with Gasteiger partial charge in [0.15, 0.2) is 11.1 Å². The van der Waals surface area contributed by atoms with Gasteiger partial charge in [-0.1, -0.05) is 0 Å². The fraction of sp³-hybridized carbons (Fsp3) is 0.500. The highest BCUT2D eigenvalue weighted by atomic mass is 35.5. The van der Waals surface area contributed by atoms with Gasteiger partial charge in [0, 0.05) is 7.05 Å². The van der Waals surface area contributed by atoms with Crippen molar-refractivity contribution in [2.24, 2.45) is 7.05 Å². The minimum atomic E-state index is -2.00. The third-order valence-electron chi connectivity index (χ3n) is 1.65. The first kappa shape index (κ1) is 9.70. The fourth-order valence-electron chi connectivity index (χ4n) is 0.972. The molecule has 1 unspecified atom stereocenters. The van der Waals surface area contributed by atoms with E-state index in [2.05, 4.69) is 5.10 Å². The zero-order chi connectivity index (χ0) is 9.30. The average molecular weight is 209 g/mol. The van der Waals surface area contributed by atoms with Gasteiger partial charge in [0.05, 0.1) is 17.3 Å². The molecule has 0 aromatic carbocycles. The summed E-state index contributed by atoms with van der Waals surface area (Å²) >= 11 is 3.54. The lowest BCUT2D eigenvalue weighted by Gasteiger charge is -1.94. The van der Waals surface area contributed by atoms with E-state index in [0.29, 0.717) is 16.3 Å². The van der Waals surface area contributed by atoms with Crippen LogP contribution in [0.25, 0.3) is 0 Å². The fourth-order valence-corrected chi connectivity index (χ4v) is 1.94. The number of nitrogens with zero attached hydrogens (tertiary/aromatic N) is 2. The van der Waals surface area contributed by atoms with Gasteiger partial charge in [-0.25, -0.2) is 4.21 Å². The van der Waals surface area contributed by atoms with E-state index in [1.807, 2.05) is 0 Å². The first-order chi connectivity index (χ1) is 5.57.